The maximum atomic E-state index is 12.2. The Balaban J connectivity index is 3.14. The SMILES string of the molecule is COc1cc(C(=O)CC(=O)C(F)(F)F)cc(OC)c1OC. The number of alkyl halides is 3. The molecule has 8 heteroatoms. The molecule has 0 aliphatic carbocycles. The third-order valence-corrected chi connectivity index (χ3v) is 2.62. The van der Waals surface area contributed by atoms with Crippen LogP contribution in [0.25, 0.3) is 0 Å². The summed E-state index contributed by atoms with van der Waals surface area (Å²) in [6.45, 7) is 0. The fraction of sp³-hybridized carbons (Fsp3) is 0.385. The first-order valence-electron chi connectivity index (χ1n) is 5.67. The van der Waals surface area contributed by atoms with Crippen molar-refractivity contribution in [1.82, 2.24) is 0 Å². The van der Waals surface area contributed by atoms with Crippen LogP contribution in [0.4, 0.5) is 13.2 Å². The van der Waals surface area contributed by atoms with E-state index in [1.807, 2.05) is 0 Å². The predicted octanol–water partition coefficient (Wildman–Crippen LogP) is 2.42. The Morgan fingerprint density at radius 1 is 1.00 bits per heavy atom. The Hall–Kier alpha value is -2.25. The van der Waals surface area contributed by atoms with Gasteiger partial charge >= 0.3 is 6.18 Å². The summed E-state index contributed by atoms with van der Waals surface area (Å²) in [4.78, 5) is 22.6. The molecule has 0 aliphatic rings. The van der Waals surface area contributed by atoms with E-state index in [4.69, 9.17) is 14.2 Å². The van der Waals surface area contributed by atoms with Gasteiger partial charge in [0, 0.05) is 5.56 Å². The van der Waals surface area contributed by atoms with Gasteiger partial charge in [-0.2, -0.15) is 13.2 Å². The summed E-state index contributed by atoms with van der Waals surface area (Å²) in [6.07, 6.45) is -6.32. The van der Waals surface area contributed by atoms with Crippen LogP contribution >= 0.6 is 0 Å². The average Bonchev–Trinajstić information content (AvgIpc) is 2.44. The zero-order valence-electron chi connectivity index (χ0n) is 11.5. The van der Waals surface area contributed by atoms with Crippen molar-refractivity contribution >= 4 is 11.6 Å². The Morgan fingerprint density at radius 3 is 1.81 bits per heavy atom. The highest BCUT2D eigenvalue weighted by atomic mass is 19.4. The van der Waals surface area contributed by atoms with Gasteiger partial charge in [-0.1, -0.05) is 0 Å². The molecule has 0 heterocycles. The van der Waals surface area contributed by atoms with Crippen LogP contribution in [0, 0.1) is 0 Å². The summed E-state index contributed by atoms with van der Waals surface area (Å²) < 4.78 is 51.5. The zero-order valence-corrected chi connectivity index (χ0v) is 11.5. The Labute approximate surface area is 118 Å². The molecule has 0 aliphatic heterocycles. The summed E-state index contributed by atoms with van der Waals surface area (Å²) in [7, 11) is 3.94. The van der Waals surface area contributed by atoms with Crippen molar-refractivity contribution in [2.24, 2.45) is 0 Å². The van der Waals surface area contributed by atoms with Crippen molar-refractivity contribution in [3.63, 3.8) is 0 Å². The first-order chi connectivity index (χ1) is 9.74. The van der Waals surface area contributed by atoms with Crippen LogP contribution in [0.2, 0.25) is 0 Å². The second-order valence-electron chi connectivity index (χ2n) is 3.93. The van der Waals surface area contributed by atoms with Crippen LogP contribution in [0.5, 0.6) is 17.2 Å². The number of benzene rings is 1. The number of ketones is 2. The van der Waals surface area contributed by atoms with E-state index in [2.05, 4.69) is 0 Å². The first-order valence-corrected chi connectivity index (χ1v) is 5.67. The third kappa shape index (κ3) is 3.87. The smallest absolute Gasteiger partial charge is 0.450 e. The van der Waals surface area contributed by atoms with E-state index in [9.17, 15) is 22.8 Å². The van der Waals surface area contributed by atoms with Crippen LogP contribution in [0.15, 0.2) is 12.1 Å². The normalized spacial score (nSPS) is 11.0. The topological polar surface area (TPSA) is 61.8 Å². The second kappa shape index (κ2) is 6.47. The number of hydrogen-bond donors (Lipinski definition) is 0. The van der Waals surface area contributed by atoms with Crippen molar-refractivity contribution in [1.29, 1.82) is 0 Å². The van der Waals surface area contributed by atoms with Gasteiger partial charge in [-0.3, -0.25) is 9.59 Å². The van der Waals surface area contributed by atoms with Crippen LogP contribution in [-0.4, -0.2) is 39.1 Å². The molecule has 21 heavy (non-hydrogen) atoms. The number of rotatable bonds is 6. The number of methoxy groups -OCH3 is 3. The molecule has 0 spiro atoms. The fourth-order valence-electron chi connectivity index (χ4n) is 1.59. The highest BCUT2D eigenvalue weighted by Crippen LogP contribution is 2.38. The van der Waals surface area contributed by atoms with Crippen molar-refractivity contribution in [2.45, 2.75) is 12.6 Å². The minimum atomic E-state index is -5.05. The molecule has 0 atom stereocenters. The number of carbonyl (C=O) groups is 2. The molecule has 0 N–H and O–H groups in total. The third-order valence-electron chi connectivity index (χ3n) is 2.62. The van der Waals surface area contributed by atoms with Crippen molar-refractivity contribution in [2.75, 3.05) is 21.3 Å². The van der Waals surface area contributed by atoms with Gasteiger partial charge in [0.25, 0.3) is 0 Å². The quantitative estimate of drug-likeness (QED) is 0.596. The van der Waals surface area contributed by atoms with Gasteiger partial charge in [-0.15, -0.1) is 0 Å². The van der Waals surface area contributed by atoms with Gasteiger partial charge in [0.2, 0.25) is 11.5 Å². The highest BCUT2D eigenvalue weighted by Gasteiger charge is 2.39. The maximum absolute atomic E-state index is 12.2. The lowest BCUT2D eigenvalue weighted by Crippen LogP contribution is -2.25. The lowest BCUT2D eigenvalue weighted by molar-refractivity contribution is -0.170. The van der Waals surface area contributed by atoms with Gasteiger partial charge in [-0.25, -0.2) is 0 Å². The monoisotopic (exact) mass is 306 g/mol. The Bertz CT molecular complexity index is 526. The standard InChI is InChI=1S/C13H13F3O5/c1-19-9-4-7(5-10(20-2)12(9)21-3)8(17)6-11(18)13(14,15)16/h4-5H,6H2,1-3H3. The molecule has 0 aromatic heterocycles. The van der Waals surface area contributed by atoms with E-state index in [1.165, 1.54) is 33.5 Å². The summed E-state index contributed by atoms with van der Waals surface area (Å²) >= 11 is 0. The lowest BCUT2D eigenvalue weighted by atomic mass is 10.0. The number of hydrogen-bond acceptors (Lipinski definition) is 5. The van der Waals surface area contributed by atoms with E-state index < -0.39 is 24.2 Å². The fourth-order valence-corrected chi connectivity index (χ4v) is 1.59. The summed E-state index contributed by atoms with van der Waals surface area (Å²) in [5.41, 5.74) is -0.137. The number of ether oxygens (including phenoxy) is 3. The second-order valence-corrected chi connectivity index (χ2v) is 3.93. The molecule has 5 nitrogen and oxygen atoms in total. The van der Waals surface area contributed by atoms with E-state index in [0.717, 1.165) is 0 Å². The number of halogens is 3. The van der Waals surface area contributed by atoms with Crippen LogP contribution in [0.1, 0.15) is 16.8 Å². The molecular formula is C13H13F3O5. The van der Waals surface area contributed by atoms with Crippen LogP contribution < -0.4 is 14.2 Å². The van der Waals surface area contributed by atoms with E-state index >= 15 is 0 Å². The molecule has 0 saturated heterocycles. The largest absolute Gasteiger partial charge is 0.493 e. The van der Waals surface area contributed by atoms with Crippen LogP contribution in [0.3, 0.4) is 0 Å². The highest BCUT2D eigenvalue weighted by molar-refractivity contribution is 6.09. The van der Waals surface area contributed by atoms with Gasteiger partial charge in [-0.05, 0) is 12.1 Å². The van der Waals surface area contributed by atoms with Crippen molar-refractivity contribution in [3.8, 4) is 17.2 Å². The molecule has 1 aromatic rings. The summed E-state index contributed by atoms with van der Waals surface area (Å²) in [5, 5.41) is 0. The van der Waals surface area contributed by atoms with Crippen molar-refractivity contribution in [3.05, 3.63) is 17.7 Å². The predicted molar refractivity (Wildman–Crippen MR) is 66.1 cm³/mol. The molecular weight excluding hydrogens is 293 g/mol. The maximum Gasteiger partial charge on any atom is 0.450 e. The minimum absolute atomic E-state index is 0.111. The molecule has 116 valence electrons. The molecule has 0 amide bonds. The molecule has 0 fully saturated rings. The number of carbonyl (C=O) groups excluding carboxylic acids is 2. The molecule has 0 bridgehead atoms. The summed E-state index contributed by atoms with van der Waals surface area (Å²) in [5.74, 6) is -2.68. The van der Waals surface area contributed by atoms with Crippen molar-refractivity contribution < 1.29 is 37.0 Å². The van der Waals surface area contributed by atoms with E-state index in [-0.39, 0.29) is 22.8 Å². The van der Waals surface area contributed by atoms with E-state index in [0.29, 0.717) is 0 Å². The lowest BCUT2D eigenvalue weighted by Gasteiger charge is -2.13. The Morgan fingerprint density at radius 2 is 1.48 bits per heavy atom. The van der Waals surface area contributed by atoms with Gasteiger partial charge in [0.05, 0.1) is 27.8 Å². The van der Waals surface area contributed by atoms with Crippen LogP contribution in [-0.2, 0) is 4.79 Å². The molecule has 1 rings (SSSR count). The molecule has 1 aromatic carbocycles. The first kappa shape index (κ1) is 16.8. The minimum Gasteiger partial charge on any atom is -0.493 e. The van der Waals surface area contributed by atoms with Gasteiger partial charge in [0.1, 0.15) is 0 Å². The van der Waals surface area contributed by atoms with Gasteiger partial charge in [0.15, 0.2) is 17.3 Å². The Kier molecular flexibility index (Phi) is 5.17. The molecule has 0 radical (unpaired) electrons. The molecule has 0 unspecified atom stereocenters. The summed E-state index contributed by atoms with van der Waals surface area (Å²) in [6, 6.07) is 2.38. The average molecular weight is 306 g/mol. The number of Topliss-reactive ketones (excluding diaryl/α,β-unsaturated/α-hetero) is 2. The zero-order chi connectivity index (χ0) is 16.2. The van der Waals surface area contributed by atoms with E-state index in [1.54, 1.807) is 0 Å². The molecule has 0 saturated carbocycles. The van der Waals surface area contributed by atoms with Gasteiger partial charge < -0.3 is 14.2 Å².